The molecule has 0 bridgehead atoms. The molecule has 42 heavy (non-hydrogen) atoms. The molecular formula is C34H31N3O4S. The van der Waals surface area contributed by atoms with Crippen LogP contribution in [0.5, 0.6) is 5.75 Å². The number of carbonyl (C=O) groups excluding carboxylic acids is 3. The minimum atomic E-state index is -0.482. The van der Waals surface area contributed by atoms with E-state index in [0.29, 0.717) is 28.3 Å². The van der Waals surface area contributed by atoms with Gasteiger partial charge in [0.25, 0.3) is 11.8 Å². The lowest BCUT2D eigenvalue weighted by Crippen LogP contribution is -2.36. The normalized spacial score (nSPS) is 12.7. The number of ether oxygens (including phenoxy) is 1. The standard InChI is InChI=1S/C34H31N3O4S/c1-41-31-16-8-6-13-26(31)22-29(36-33(39)25-11-3-2-4-12-25)34(40)35-27-17-19-28(20-18-27)42-23-32(38)37-21-9-14-24-10-5-7-15-30(24)37/h2-8,10-13,15-20,22H,9,14,21,23H2,1H3,(H,35,40)(H,36,39)/b29-22-. The van der Waals surface area contributed by atoms with Crippen LogP contribution in [0.4, 0.5) is 11.4 Å². The highest BCUT2D eigenvalue weighted by molar-refractivity contribution is 8.00. The second-order valence-electron chi connectivity index (χ2n) is 9.66. The van der Waals surface area contributed by atoms with Crippen LogP contribution in [0.1, 0.15) is 27.9 Å². The molecule has 5 rings (SSSR count). The first-order valence-corrected chi connectivity index (χ1v) is 14.6. The van der Waals surface area contributed by atoms with Crippen LogP contribution >= 0.6 is 11.8 Å². The van der Waals surface area contributed by atoms with Crippen molar-refractivity contribution in [2.75, 3.05) is 29.6 Å². The number of hydrogen-bond acceptors (Lipinski definition) is 5. The average molecular weight is 578 g/mol. The second-order valence-corrected chi connectivity index (χ2v) is 10.7. The maximum Gasteiger partial charge on any atom is 0.272 e. The third kappa shape index (κ3) is 7.08. The van der Waals surface area contributed by atoms with Crippen molar-refractivity contribution < 1.29 is 19.1 Å². The van der Waals surface area contributed by atoms with Gasteiger partial charge in [-0.3, -0.25) is 14.4 Å². The molecule has 0 atom stereocenters. The average Bonchev–Trinajstić information content (AvgIpc) is 3.04. The van der Waals surface area contributed by atoms with Crippen LogP contribution in [0.3, 0.4) is 0 Å². The molecule has 0 saturated heterocycles. The van der Waals surface area contributed by atoms with Gasteiger partial charge in [0.2, 0.25) is 5.91 Å². The fourth-order valence-corrected chi connectivity index (χ4v) is 5.51. The van der Waals surface area contributed by atoms with Crippen molar-refractivity contribution in [3.8, 4) is 5.75 Å². The Bertz CT molecular complexity index is 1600. The zero-order chi connectivity index (χ0) is 29.3. The van der Waals surface area contributed by atoms with Crippen molar-refractivity contribution in [3.05, 3.63) is 126 Å². The van der Waals surface area contributed by atoms with Gasteiger partial charge in [-0.1, -0.05) is 54.6 Å². The zero-order valence-corrected chi connectivity index (χ0v) is 24.0. The molecular weight excluding hydrogens is 546 g/mol. The number of nitrogens with one attached hydrogen (secondary N) is 2. The third-order valence-electron chi connectivity index (χ3n) is 6.85. The molecule has 4 aromatic rings. The van der Waals surface area contributed by atoms with Gasteiger partial charge in [0.05, 0.1) is 12.9 Å². The van der Waals surface area contributed by atoms with Gasteiger partial charge in [-0.25, -0.2) is 0 Å². The molecule has 1 aliphatic heterocycles. The highest BCUT2D eigenvalue weighted by Crippen LogP contribution is 2.29. The fourth-order valence-electron chi connectivity index (χ4n) is 4.73. The first kappa shape index (κ1) is 28.7. The molecule has 3 amide bonds. The molecule has 0 saturated carbocycles. The summed E-state index contributed by atoms with van der Waals surface area (Å²) in [4.78, 5) is 42.1. The van der Waals surface area contributed by atoms with Crippen molar-refractivity contribution in [3.63, 3.8) is 0 Å². The van der Waals surface area contributed by atoms with Gasteiger partial charge in [0.15, 0.2) is 0 Å². The molecule has 0 aromatic heterocycles. The lowest BCUT2D eigenvalue weighted by atomic mass is 10.0. The predicted octanol–water partition coefficient (Wildman–Crippen LogP) is 6.18. The summed E-state index contributed by atoms with van der Waals surface area (Å²) in [6.45, 7) is 0.729. The van der Waals surface area contributed by atoms with E-state index in [1.807, 2.05) is 53.4 Å². The van der Waals surface area contributed by atoms with Crippen molar-refractivity contribution >= 4 is 46.9 Å². The Hall–Kier alpha value is -4.82. The summed E-state index contributed by atoms with van der Waals surface area (Å²) in [5.74, 6) is 0.0758. The summed E-state index contributed by atoms with van der Waals surface area (Å²) >= 11 is 1.46. The number of aryl methyl sites for hydroxylation is 1. The highest BCUT2D eigenvalue weighted by Gasteiger charge is 2.22. The van der Waals surface area contributed by atoms with E-state index in [-0.39, 0.29) is 11.6 Å². The monoisotopic (exact) mass is 577 g/mol. The fraction of sp³-hybridized carbons (Fsp3) is 0.147. The zero-order valence-electron chi connectivity index (χ0n) is 23.2. The number of thioether (sulfide) groups is 1. The topological polar surface area (TPSA) is 87.7 Å². The Morgan fingerprint density at radius 3 is 2.38 bits per heavy atom. The van der Waals surface area contributed by atoms with E-state index in [4.69, 9.17) is 4.74 Å². The van der Waals surface area contributed by atoms with E-state index < -0.39 is 11.8 Å². The lowest BCUT2D eigenvalue weighted by Gasteiger charge is -2.29. The molecule has 4 aromatic carbocycles. The van der Waals surface area contributed by atoms with Crippen LogP contribution < -0.4 is 20.3 Å². The van der Waals surface area contributed by atoms with E-state index in [1.165, 1.54) is 17.3 Å². The molecule has 212 valence electrons. The number of fused-ring (bicyclic) bond motifs is 1. The summed E-state index contributed by atoms with van der Waals surface area (Å²) in [6, 6.07) is 31.3. The number of benzene rings is 4. The first-order valence-electron chi connectivity index (χ1n) is 13.7. The lowest BCUT2D eigenvalue weighted by molar-refractivity contribution is -0.116. The van der Waals surface area contributed by atoms with Crippen LogP contribution in [0, 0.1) is 0 Å². The minimum absolute atomic E-state index is 0.0687. The van der Waals surface area contributed by atoms with Gasteiger partial charge in [-0.15, -0.1) is 11.8 Å². The molecule has 0 fully saturated rings. The van der Waals surface area contributed by atoms with E-state index in [2.05, 4.69) is 16.7 Å². The number of para-hydroxylation sites is 2. The number of rotatable bonds is 9. The van der Waals surface area contributed by atoms with E-state index in [1.54, 1.807) is 61.7 Å². The molecule has 0 aliphatic carbocycles. The van der Waals surface area contributed by atoms with Gasteiger partial charge in [-0.05, 0) is 73.0 Å². The van der Waals surface area contributed by atoms with E-state index >= 15 is 0 Å². The molecule has 0 radical (unpaired) electrons. The Labute approximate surface area is 249 Å². The van der Waals surface area contributed by atoms with Crippen LogP contribution in [-0.2, 0) is 16.0 Å². The van der Waals surface area contributed by atoms with Crippen molar-refractivity contribution in [1.82, 2.24) is 5.32 Å². The van der Waals surface area contributed by atoms with Crippen molar-refractivity contribution in [2.45, 2.75) is 17.7 Å². The second kappa shape index (κ2) is 13.7. The Morgan fingerprint density at radius 1 is 0.881 bits per heavy atom. The molecule has 0 spiro atoms. The number of hydrogen-bond donors (Lipinski definition) is 2. The molecule has 7 nitrogen and oxygen atoms in total. The number of methoxy groups -OCH3 is 1. The van der Waals surface area contributed by atoms with Crippen LogP contribution in [0.25, 0.3) is 6.08 Å². The third-order valence-corrected chi connectivity index (χ3v) is 7.85. The van der Waals surface area contributed by atoms with Crippen LogP contribution in [0.2, 0.25) is 0 Å². The number of anilines is 2. The van der Waals surface area contributed by atoms with Crippen molar-refractivity contribution in [2.24, 2.45) is 0 Å². The van der Waals surface area contributed by atoms with E-state index in [0.717, 1.165) is 30.0 Å². The molecule has 8 heteroatoms. The molecule has 2 N–H and O–H groups in total. The SMILES string of the molecule is COc1ccccc1/C=C(\NC(=O)c1ccccc1)C(=O)Nc1ccc(SCC(=O)N2CCCc3ccccc32)cc1. The molecule has 1 aliphatic rings. The summed E-state index contributed by atoms with van der Waals surface area (Å²) in [5, 5.41) is 5.61. The summed E-state index contributed by atoms with van der Waals surface area (Å²) in [6.07, 6.45) is 3.54. The van der Waals surface area contributed by atoms with Crippen LogP contribution in [0.15, 0.2) is 114 Å². The molecule has 1 heterocycles. The number of carbonyl (C=O) groups is 3. The Morgan fingerprint density at radius 2 is 1.60 bits per heavy atom. The minimum Gasteiger partial charge on any atom is -0.496 e. The van der Waals surface area contributed by atoms with Gasteiger partial charge < -0.3 is 20.3 Å². The van der Waals surface area contributed by atoms with Crippen LogP contribution in [-0.4, -0.2) is 37.1 Å². The number of nitrogens with zero attached hydrogens (tertiary/aromatic N) is 1. The smallest absolute Gasteiger partial charge is 0.272 e. The largest absolute Gasteiger partial charge is 0.496 e. The highest BCUT2D eigenvalue weighted by atomic mass is 32.2. The maximum absolute atomic E-state index is 13.4. The Kier molecular flexibility index (Phi) is 9.36. The first-order chi connectivity index (χ1) is 20.5. The predicted molar refractivity (Wildman–Crippen MR) is 168 cm³/mol. The van der Waals surface area contributed by atoms with Gasteiger partial charge >= 0.3 is 0 Å². The van der Waals surface area contributed by atoms with Gasteiger partial charge in [0, 0.05) is 33.9 Å². The Balaban J connectivity index is 1.26. The van der Waals surface area contributed by atoms with Crippen molar-refractivity contribution in [1.29, 1.82) is 0 Å². The number of amides is 3. The van der Waals surface area contributed by atoms with E-state index in [9.17, 15) is 14.4 Å². The molecule has 0 unspecified atom stereocenters. The summed E-state index contributed by atoms with van der Waals surface area (Å²) < 4.78 is 5.42. The quantitative estimate of drug-likeness (QED) is 0.183. The van der Waals surface area contributed by atoms with Gasteiger partial charge in [0.1, 0.15) is 11.4 Å². The maximum atomic E-state index is 13.4. The summed E-state index contributed by atoms with van der Waals surface area (Å²) in [7, 11) is 1.55. The van der Waals surface area contributed by atoms with Gasteiger partial charge in [-0.2, -0.15) is 0 Å². The summed E-state index contributed by atoms with van der Waals surface area (Å²) in [5.41, 5.74) is 3.91.